The average molecular weight is 267 g/mol. The van der Waals surface area contributed by atoms with Gasteiger partial charge in [-0.3, -0.25) is 0 Å². The van der Waals surface area contributed by atoms with E-state index in [4.69, 9.17) is 4.74 Å². The number of hydrogen-bond donors (Lipinski definition) is 1. The van der Waals surface area contributed by atoms with Crippen LogP contribution < -0.4 is 5.32 Å². The zero-order chi connectivity index (χ0) is 13.6. The molecular weight excluding hydrogens is 242 g/mol. The molecule has 0 aliphatic heterocycles. The lowest BCUT2D eigenvalue weighted by atomic mass is 9.95. The quantitative estimate of drug-likeness (QED) is 0.794. The summed E-state index contributed by atoms with van der Waals surface area (Å²) in [4.78, 5) is 2.78. The summed E-state index contributed by atoms with van der Waals surface area (Å²) in [5.41, 5.74) is 1.61. The minimum atomic E-state index is 0.251. The Morgan fingerprint density at radius 3 is 2.67 bits per heavy atom. The van der Waals surface area contributed by atoms with Crippen molar-refractivity contribution in [2.45, 2.75) is 33.1 Å². The fourth-order valence-corrected chi connectivity index (χ4v) is 2.68. The lowest BCUT2D eigenvalue weighted by Gasteiger charge is -2.15. The minimum absolute atomic E-state index is 0.251. The van der Waals surface area contributed by atoms with Crippen LogP contribution in [0.15, 0.2) is 17.7 Å². The lowest BCUT2D eigenvalue weighted by Crippen LogP contribution is -2.20. The van der Waals surface area contributed by atoms with Crippen LogP contribution in [-0.4, -0.2) is 26.8 Å². The van der Waals surface area contributed by atoms with Crippen LogP contribution in [0.2, 0.25) is 0 Å². The Morgan fingerprint density at radius 1 is 1.39 bits per heavy atom. The van der Waals surface area contributed by atoms with E-state index < -0.39 is 0 Å². The second kappa shape index (κ2) is 7.07. The molecule has 0 aromatic carbocycles. The van der Waals surface area contributed by atoms with E-state index in [1.165, 1.54) is 15.3 Å². The molecule has 0 amide bonds. The van der Waals surface area contributed by atoms with Crippen LogP contribution in [0.4, 0.5) is 0 Å². The minimum Gasteiger partial charge on any atom is -0.383 e. The zero-order valence-electron chi connectivity index (χ0n) is 12.2. The molecule has 1 aromatic rings. The first-order chi connectivity index (χ1) is 8.43. The third kappa shape index (κ3) is 5.34. The van der Waals surface area contributed by atoms with Crippen molar-refractivity contribution in [3.8, 4) is 0 Å². The molecule has 0 radical (unpaired) electrons. The Bertz CT molecular complexity index is 387. The van der Waals surface area contributed by atoms with Crippen molar-refractivity contribution in [2.75, 3.05) is 26.8 Å². The van der Waals surface area contributed by atoms with Crippen LogP contribution in [0.1, 0.15) is 37.4 Å². The molecule has 102 valence electrons. The first-order valence-electron chi connectivity index (χ1n) is 6.40. The molecule has 0 saturated carbocycles. The van der Waals surface area contributed by atoms with Gasteiger partial charge >= 0.3 is 0 Å². The molecule has 2 nitrogen and oxygen atoms in total. The van der Waals surface area contributed by atoms with Crippen LogP contribution >= 0.6 is 11.3 Å². The van der Waals surface area contributed by atoms with E-state index in [0.717, 1.165) is 19.7 Å². The van der Waals surface area contributed by atoms with Gasteiger partial charge < -0.3 is 10.1 Å². The van der Waals surface area contributed by atoms with Crippen LogP contribution in [0, 0.1) is 0 Å². The fourth-order valence-electron chi connectivity index (χ4n) is 1.59. The molecule has 0 atom stereocenters. The normalized spacial score (nSPS) is 13.1. The van der Waals surface area contributed by atoms with Gasteiger partial charge in [-0.2, -0.15) is 0 Å². The maximum atomic E-state index is 5.00. The third-order valence-corrected chi connectivity index (χ3v) is 4.10. The Balaban J connectivity index is 2.52. The summed E-state index contributed by atoms with van der Waals surface area (Å²) in [5, 5.41) is 3.35. The number of nitrogens with one attached hydrogen (secondary N) is 1. The zero-order valence-corrected chi connectivity index (χ0v) is 13.0. The summed E-state index contributed by atoms with van der Waals surface area (Å²) in [6.07, 6.45) is 2.26. The van der Waals surface area contributed by atoms with E-state index in [-0.39, 0.29) is 5.41 Å². The van der Waals surface area contributed by atoms with Gasteiger partial charge in [0.15, 0.2) is 0 Å². The number of ether oxygens (including phenoxy) is 1. The third-order valence-electron chi connectivity index (χ3n) is 2.64. The van der Waals surface area contributed by atoms with Crippen LogP contribution in [-0.2, 0) is 10.2 Å². The Morgan fingerprint density at radius 2 is 2.11 bits per heavy atom. The molecule has 1 heterocycles. The number of rotatable bonds is 6. The molecule has 18 heavy (non-hydrogen) atoms. The first kappa shape index (κ1) is 15.4. The smallest absolute Gasteiger partial charge is 0.0587 e. The van der Waals surface area contributed by atoms with Crippen molar-refractivity contribution in [2.24, 2.45) is 0 Å². The van der Waals surface area contributed by atoms with E-state index in [1.807, 2.05) is 11.3 Å². The van der Waals surface area contributed by atoms with Crippen molar-refractivity contribution >= 4 is 17.4 Å². The van der Waals surface area contributed by atoms with E-state index in [9.17, 15) is 0 Å². The summed E-state index contributed by atoms with van der Waals surface area (Å²) >= 11 is 1.88. The molecule has 0 unspecified atom stereocenters. The molecule has 0 spiro atoms. The Labute approximate surface area is 115 Å². The number of thiophene rings is 1. The largest absolute Gasteiger partial charge is 0.383 e. The van der Waals surface area contributed by atoms with Gasteiger partial charge in [0.25, 0.3) is 0 Å². The van der Waals surface area contributed by atoms with Crippen LogP contribution in [0.3, 0.4) is 0 Å². The van der Waals surface area contributed by atoms with Gasteiger partial charge in [-0.1, -0.05) is 26.3 Å². The molecule has 0 saturated heterocycles. The molecule has 1 N–H and O–H groups in total. The predicted molar refractivity (Wildman–Crippen MR) is 81.4 cm³/mol. The van der Waals surface area contributed by atoms with Crippen molar-refractivity contribution in [1.82, 2.24) is 5.32 Å². The summed E-state index contributed by atoms with van der Waals surface area (Å²) in [6, 6.07) is 4.45. The molecule has 0 bridgehead atoms. The molecular formula is C15H25NOS. The number of hydrogen-bond acceptors (Lipinski definition) is 3. The van der Waals surface area contributed by atoms with E-state index >= 15 is 0 Å². The van der Waals surface area contributed by atoms with Gasteiger partial charge in [0.05, 0.1) is 6.61 Å². The standard InChI is InChI=1S/C15H25NOS/c1-12(11-16-8-9-17-5)10-13-6-7-14(18-13)15(2,3)4/h6-7,10,16H,8-9,11H2,1-5H3/b12-10+. The average Bonchev–Trinajstić information content (AvgIpc) is 2.72. The van der Waals surface area contributed by atoms with Gasteiger partial charge in [-0.15, -0.1) is 11.3 Å². The van der Waals surface area contributed by atoms with Crippen molar-refractivity contribution < 1.29 is 4.74 Å². The van der Waals surface area contributed by atoms with E-state index in [0.29, 0.717) is 0 Å². The van der Waals surface area contributed by atoms with Gasteiger partial charge in [0, 0.05) is 30.0 Å². The molecule has 0 aliphatic rings. The molecule has 1 rings (SSSR count). The maximum Gasteiger partial charge on any atom is 0.0587 e. The summed E-state index contributed by atoms with van der Waals surface area (Å²) in [7, 11) is 1.73. The summed E-state index contributed by atoms with van der Waals surface area (Å²) in [6.45, 7) is 11.5. The van der Waals surface area contributed by atoms with Gasteiger partial charge in [-0.25, -0.2) is 0 Å². The molecule has 1 aromatic heterocycles. The SMILES string of the molecule is COCCNC/C(C)=C/c1ccc(C(C)(C)C)s1. The highest BCUT2D eigenvalue weighted by Gasteiger charge is 2.15. The molecule has 0 fully saturated rings. The maximum absolute atomic E-state index is 5.00. The van der Waals surface area contributed by atoms with Crippen LogP contribution in [0.5, 0.6) is 0 Å². The monoisotopic (exact) mass is 267 g/mol. The molecule has 0 aliphatic carbocycles. The second-order valence-corrected chi connectivity index (χ2v) is 6.73. The van der Waals surface area contributed by atoms with Gasteiger partial charge in [0.1, 0.15) is 0 Å². The second-order valence-electron chi connectivity index (χ2n) is 5.61. The van der Waals surface area contributed by atoms with E-state index in [2.05, 4.69) is 51.2 Å². The van der Waals surface area contributed by atoms with Crippen molar-refractivity contribution in [3.63, 3.8) is 0 Å². The fraction of sp³-hybridized carbons (Fsp3) is 0.600. The van der Waals surface area contributed by atoms with E-state index in [1.54, 1.807) is 7.11 Å². The predicted octanol–water partition coefficient (Wildman–Crippen LogP) is 3.68. The van der Waals surface area contributed by atoms with Gasteiger partial charge in [-0.05, 0) is 30.5 Å². The molecule has 3 heteroatoms. The highest BCUT2D eigenvalue weighted by molar-refractivity contribution is 7.13. The topological polar surface area (TPSA) is 21.3 Å². The highest BCUT2D eigenvalue weighted by Crippen LogP contribution is 2.30. The van der Waals surface area contributed by atoms with Crippen molar-refractivity contribution in [1.29, 1.82) is 0 Å². The highest BCUT2D eigenvalue weighted by atomic mass is 32.1. The lowest BCUT2D eigenvalue weighted by molar-refractivity contribution is 0.200. The van der Waals surface area contributed by atoms with Gasteiger partial charge in [0.2, 0.25) is 0 Å². The summed E-state index contributed by atoms with van der Waals surface area (Å²) < 4.78 is 5.00. The summed E-state index contributed by atoms with van der Waals surface area (Å²) in [5.74, 6) is 0. The van der Waals surface area contributed by atoms with Crippen molar-refractivity contribution in [3.05, 3.63) is 27.5 Å². The Kier molecular flexibility index (Phi) is 6.06. The van der Waals surface area contributed by atoms with Crippen LogP contribution in [0.25, 0.3) is 6.08 Å². The Hall–Kier alpha value is -0.640. The first-order valence-corrected chi connectivity index (χ1v) is 7.22. The number of methoxy groups -OCH3 is 1.